The smallest absolute Gasteiger partial charge is 0.338 e. The van der Waals surface area contributed by atoms with Crippen LogP contribution in [0.1, 0.15) is 22.8 Å². The average molecular weight is 338 g/mol. The van der Waals surface area contributed by atoms with E-state index in [0.29, 0.717) is 30.0 Å². The molecule has 0 radical (unpaired) electrons. The minimum Gasteiger partial charge on any atom is -0.484 e. The van der Waals surface area contributed by atoms with Gasteiger partial charge in [0.15, 0.2) is 6.61 Å². The second-order valence-electron chi connectivity index (χ2n) is 5.11. The molecule has 0 heterocycles. The van der Waals surface area contributed by atoms with Crippen molar-refractivity contribution in [1.82, 2.24) is 0 Å². The molecule has 0 aromatic heterocycles. The fourth-order valence-electron chi connectivity index (χ4n) is 2.04. The molecule has 2 rings (SSSR count). The van der Waals surface area contributed by atoms with Gasteiger partial charge in [-0.1, -0.05) is 12.1 Å². The zero-order chi connectivity index (χ0) is 18.1. The summed E-state index contributed by atoms with van der Waals surface area (Å²) in [6, 6.07) is 15.5. The van der Waals surface area contributed by atoms with Crippen LogP contribution in [0.4, 0.5) is 5.69 Å². The number of carbonyl (C=O) groups is 2. The summed E-state index contributed by atoms with van der Waals surface area (Å²) < 4.78 is 10.3. The summed E-state index contributed by atoms with van der Waals surface area (Å²) in [6.07, 6.45) is 0.332. The summed E-state index contributed by atoms with van der Waals surface area (Å²) in [5, 5.41) is 11.3. The van der Waals surface area contributed by atoms with Crippen LogP contribution >= 0.6 is 0 Å². The molecule has 0 unspecified atom stereocenters. The number of rotatable bonds is 7. The quantitative estimate of drug-likeness (QED) is 0.784. The van der Waals surface area contributed by atoms with E-state index in [2.05, 4.69) is 11.4 Å². The van der Waals surface area contributed by atoms with Crippen LogP contribution in [0.3, 0.4) is 0 Å². The van der Waals surface area contributed by atoms with Gasteiger partial charge in [-0.3, -0.25) is 4.79 Å². The standard InChI is InChI=1S/C19H18N2O4/c1-2-24-19(23)15-5-9-17(10-6-15)25-13-18(22)21-16-7-3-14(4-8-16)11-12-20/h3-10H,2,11,13H2,1H3,(H,21,22). The number of carbonyl (C=O) groups excluding carboxylic acids is 2. The van der Waals surface area contributed by atoms with E-state index in [1.807, 2.05) is 0 Å². The monoisotopic (exact) mass is 338 g/mol. The van der Waals surface area contributed by atoms with Crippen molar-refractivity contribution in [3.05, 3.63) is 59.7 Å². The Morgan fingerprint density at radius 1 is 1.08 bits per heavy atom. The molecule has 6 heteroatoms. The predicted molar refractivity (Wildman–Crippen MR) is 92.3 cm³/mol. The van der Waals surface area contributed by atoms with Crippen LogP contribution in [0.5, 0.6) is 5.75 Å². The Morgan fingerprint density at radius 3 is 2.36 bits per heavy atom. The maximum absolute atomic E-state index is 11.9. The van der Waals surface area contributed by atoms with Crippen molar-refractivity contribution >= 4 is 17.6 Å². The highest BCUT2D eigenvalue weighted by molar-refractivity contribution is 5.92. The summed E-state index contributed by atoms with van der Waals surface area (Å²) in [6.45, 7) is 1.90. The number of nitrogens with zero attached hydrogens (tertiary/aromatic N) is 1. The van der Waals surface area contributed by atoms with E-state index in [9.17, 15) is 9.59 Å². The van der Waals surface area contributed by atoms with Crippen LogP contribution in [0.2, 0.25) is 0 Å². The zero-order valence-corrected chi connectivity index (χ0v) is 13.8. The minimum atomic E-state index is -0.397. The highest BCUT2D eigenvalue weighted by Gasteiger charge is 2.07. The highest BCUT2D eigenvalue weighted by atomic mass is 16.5. The number of anilines is 1. The van der Waals surface area contributed by atoms with Gasteiger partial charge in [0.25, 0.3) is 5.91 Å². The molecule has 25 heavy (non-hydrogen) atoms. The van der Waals surface area contributed by atoms with E-state index in [0.717, 1.165) is 5.56 Å². The molecule has 2 aromatic carbocycles. The van der Waals surface area contributed by atoms with Crippen molar-refractivity contribution in [3.63, 3.8) is 0 Å². The average Bonchev–Trinajstić information content (AvgIpc) is 2.62. The van der Waals surface area contributed by atoms with Crippen LogP contribution in [0, 0.1) is 11.3 Å². The number of hydrogen-bond acceptors (Lipinski definition) is 5. The van der Waals surface area contributed by atoms with Gasteiger partial charge in [0.1, 0.15) is 5.75 Å². The summed E-state index contributed by atoms with van der Waals surface area (Å²) in [5.74, 6) is -0.221. The SMILES string of the molecule is CCOC(=O)c1ccc(OCC(=O)Nc2ccc(CC#N)cc2)cc1. The number of ether oxygens (including phenoxy) is 2. The lowest BCUT2D eigenvalue weighted by molar-refractivity contribution is -0.118. The summed E-state index contributed by atoms with van der Waals surface area (Å²) in [7, 11) is 0. The molecule has 128 valence electrons. The Hall–Kier alpha value is -3.33. The van der Waals surface area contributed by atoms with Gasteiger partial charge in [-0.15, -0.1) is 0 Å². The molecule has 0 aliphatic heterocycles. The van der Waals surface area contributed by atoms with E-state index >= 15 is 0 Å². The first kappa shape index (κ1) is 18.0. The third-order valence-corrected chi connectivity index (χ3v) is 3.26. The molecule has 6 nitrogen and oxygen atoms in total. The van der Waals surface area contributed by atoms with Gasteiger partial charge in [-0.05, 0) is 48.9 Å². The van der Waals surface area contributed by atoms with E-state index in [4.69, 9.17) is 14.7 Å². The van der Waals surface area contributed by atoms with E-state index in [-0.39, 0.29) is 12.5 Å². The van der Waals surface area contributed by atoms with Gasteiger partial charge < -0.3 is 14.8 Å². The number of esters is 1. The molecule has 0 spiro atoms. The lowest BCUT2D eigenvalue weighted by Gasteiger charge is -2.08. The molecule has 0 bridgehead atoms. The third kappa shape index (κ3) is 5.66. The van der Waals surface area contributed by atoms with Gasteiger partial charge >= 0.3 is 5.97 Å². The Bertz CT molecular complexity index is 762. The molecule has 0 fully saturated rings. The van der Waals surface area contributed by atoms with Crippen LogP contribution in [0.25, 0.3) is 0 Å². The highest BCUT2D eigenvalue weighted by Crippen LogP contribution is 2.14. The van der Waals surface area contributed by atoms with Crippen LogP contribution in [-0.4, -0.2) is 25.1 Å². The zero-order valence-electron chi connectivity index (χ0n) is 13.8. The van der Waals surface area contributed by atoms with Crippen molar-refractivity contribution in [1.29, 1.82) is 5.26 Å². The predicted octanol–water partition coefficient (Wildman–Crippen LogP) is 2.95. The molecular weight excluding hydrogens is 320 g/mol. The molecule has 0 saturated carbocycles. The van der Waals surface area contributed by atoms with Crippen molar-refractivity contribution in [2.75, 3.05) is 18.5 Å². The van der Waals surface area contributed by atoms with Gasteiger partial charge in [0.2, 0.25) is 0 Å². The normalized spacial score (nSPS) is 9.76. The van der Waals surface area contributed by atoms with Crippen molar-refractivity contribution in [3.8, 4) is 11.8 Å². The van der Waals surface area contributed by atoms with Gasteiger partial charge in [0.05, 0.1) is 24.7 Å². The second kappa shape index (κ2) is 9.08. The van der Waals surface area contributed by atoms with Crippen LogP contribution < -0.4 is 10.1 Å². The van der Waals surface area contributed by atoms with Gasteiger partial charge in [-0.25, -0.2) is 4.79 Å². The largest absolute Gasteiger partial charge is 0.484 e. The molecule has 0 saturated heterocycles. The van der Waals surface area contributed by atoms with Crippen LogP contribution in [0.15, 0.2) is 48.5 Å². The fourth-order valence-corrected chi connectivity index (χ4v) is 2.04. The Morgan fingerprint density at radius 2 is 1.76 bits per heavy atom. The van der Waals surface area contributed by atoms with E-state index < -0.39 is 5.97 Å². The Labute approximate surface area is 146 Å². The molecule has 0 aliphatic rings. The first-order valence-electron chi connectivity index (χ1n) is 7.78. The number of benzene rings is 2. The summed E-state index contributed by atoms with van der Waals surface area (Å²) in [5.41, 5.74) is 1.95. The first-order valence-corrected chi connectivity index (χ1v) is 7.78. The number of hydrogen-bond donors (Lipinski definition) is 1. The van der Waals surface area contributed by atoms with Gasteiger partial charge in [0, 0.05) is 5.69 Å². The fraction of sp³-hybridized carbons (Fsp3) is 0.211. The van der Waals surface area contributed by atoms with Crippen molar-refractivity contribution < 1.29 is 19.1 Å². The number of amides is 1. The molecule has 1 N–H and O–H groups in total. The van der Waals surface area contributed by atoms with Gasteiger partial charge in [-0.2, -0.15) is 5.26 Å². The first-order chi connectivity index (χ1) is 12.1. The maximum Gasteiger partial charge on any atom is 0.338 e. The lowest BCUT2D eigenvalue weighted by Crippen LogP contribution is -2.20. The molecule has 0 aliphatic carbocycles. The second-order valence-corrected chi connectivity index (χ2v) is 5.11. The Kier molecular flexibility index (Phi) is 6.55. The summed E-state index contributed by atoms with van der Waals surface area (Å²) in [4.78, 5) is 23.4. The third-order valence-electron chi connectivity index (χ3n) is 3.26. The minimum absolute atomic E-state index is 0.154. The number of nitriles is 1. The molecule has 0 atom stereocenters. The van der Waals surface area contributed by atoms with E-state index in [1.54, 1.807) is 55.5 Å². The number of nitrogens with one attached hydrogen (secondary N) is 1. The van der Waals surface area contributed by atoms with Crippen molar-refractivity contribution in [2.45, 2.75) is 13.3 Å². The molecule has 1 amide bonds. The lowest BCUT2D eigenvalue weighted by atomic mass is 10.1. The van der Waals surface area contributed by atoms with E-state index in [1.165, 1.54) is 0 Å². The molecule has 2 aromatic rings. The maximum atomic E-state index is 11.9. The summed E-state index contributed by atoms with van der Waals surface area (Å²) >= 11 is 0. The topological polar surface area (TPSA) is 88.4 Å². The molecular formula is C19H18N2O4. The van der Waals surface area contributed by atoms with Crippen molar-refractivity contribution in [2.24, 2.45) is 0 Å². The Balaban J connectivity index is 1.83. The van der Waals surface area contributed by atoms with Crippen LogP contribution in [-0.2, 0) is 16.0 Å².